The van der Waals surface area contributed by atoms with E-state index in [0.29, 0.717) is 19.6 Å². The van der Waals surface area contributed by atoms with Gasteiger partial charge in [-0.1, -0.05) is 35.9 Å². The summed E-state index contributed by atoms with van der Waals surface area (Å²) >= 11 is 5.97. The average molecular weight is 368 g/mol. The number of imidazole rings is 1. The van der Waals surface area contributed by atoms with E-state index in [2.05, 4.69) is 22.4 Å². The molecule has 0 spiro atoms. The van der Waals surface area contributed by atoms with Crippen molar-refractivity contribution in [2.24, 2.45) is 0 Å². The SMILES string of the molecule is O=C1NCCOC1Cc1cn(-c2cccc(-c3ccc(Cl)cc3)c2)cn1. The maximum Gasteiger partial charge on any atom is 0.249 e. The Labute approximate surface area is 156 Å². The van der Waals surface area contributed by atoms with E-state index in [1.165, 1.54) is 0 Å². The monoisotopic (exact) mass is 367 g/mol. The molecule has 3 aromatic rings. The van der Waals surface area contributed by atoms with Gasteiger partial charge in [0, 0.05) is 29.9 Å². The number of hydrogen-bond donors (Lipinski definition) is 1. The third-order valence-corrected chi connectivity index (χ3v) is 4.62. The van der Waals surface area contributed by atoms with E-state index in [0.717, 1.165) is 27.5 Å². The predicted molar refractivity (Wildman–Crippen MR) is 100 cm³/mol. The van der Waals surface area contributed by atoms with Crippen molar-refractivity contribution < 1.29 is 9.53 Å². The minimum absolute atomic E-state index is 0.0736. The van der Waals surface area contributed by atoms with Crippen molar-refractivity contribution in [3.05, 3.63) is 71.8 Å². The van der Waals surface area contributed by atoms with Crippen LogP contribution in [0.25, 0.3) is 16.8 Å². The molecule has 1 atom stereocenters. The molecule has 0 radical (unpaired) electrons. The van der Waals surface area contributed by atoms with Crippen molar-refractivity contribution in [1.29, 1.82) is 0 Å². The lowest BCUT2D eigenvalue weighted by Gasteiger charge is -2.21. The first-order valence-electron chi connectivity index (χ1n) is 8.47. The quantitative estimate of drug-likeness (QED) is 0.770. The van der Waals surface area contributed by atoms with Gasteiger partial charge in [-0.2, -0.15) is 0 Å². The molecule has 1 unspecified atom stereocenters. The van der Waals surface area contributed by atoms with Gasteiger partial charge in [0.15, 0.2) is 0 Å². The number of nitrogens with one attached hydrogen (secondary N) is 1. The topological polar surface area (TPSA) is 56.1 Å². The van der Waals surface area contributed by atoms with Crippen molar-refractivity contribution >= 4 is 17.5 Å². The standard InChI is InChI=1S/C20H18ClN3O2/c21-16-6-4-14(5-7-16)15-2-1-3-18(10-15)24-12-17(23-13-24)11-19-20(25)22-8-9-26-19/h1-7,10,12-13,19H,8-9,11H2,(H,22,25). The second-order valence-corrected chi connectivity index (χ2v) is 6.62. The van der Waals surface area contributed by atoms with Crippen LogP contribution in [0.15, 0.2) is 61.1 Å². The number of benzene rings is 2. The molecular weight excluding hydrogens is 350 g/mol. The van der Waals surface area contributed by atoms with E-state index in [9.17, 15) is 4.79 Å². The molecule has 1 aromatic heterocycles. The Bertz CT molecular complexity index is 921. The maximum absolute atomic E-state index is 11.8. The van der Waals surface area contributed by atoms with Crippen LogP contribution in [0, 0.1) is 0 Å². The van der Waals surface area contributed by atoms with Gasteiger partial charge in [-0.05, 0) is 35.4 Å². The Balaban J connectivity index is 1.55. The summed E-state index contributed by atoms with van der Waals surface area (Å²) in [5.41, 5.74) is 4.03. The van der Waals surface area contributed by atoms with Crippen molar-refractivity contribution in [1.82, 2.24) is 14.9 Å². The highest BCUT2D eigenvalue weighted by Crippen LogP contribution is 2.24. The van der Waals surface area contributed by atoms with Gasteiger partial charge in [0.25, 0.3) is 0 Å². The molecular formula is C20H18ClN3O2. The second-order valence-electron chi connectivity index (χ2n) is 6.18. The van der Waals surface area contributed by atoms with Crippen molar-refractivity contribution in [3.8, 4) is 16.8 Å². The van der Waals surface area contributed by atoms with Crippen LogP contribution in [-0.4, -0.2) is 34.7 Å². The van der Waals surface area contributed by atoms with E-state index in [4.69, 9.17) is 16.3 Å². The van der Waals surface area contributed by atoms with Gasteiger partial charge in [0.05, 0.1) is 18.6 Å². The lowest BCUT2D eigenvalue weighted by Crippen LogP contribution is -2.45. The lowest BCUT2D eigenvalue weighted by atomic mass is 10.1. The van der Waals surface area contributed by atoms with Gasteiger partial charge in [0.1, 0.15) is 6.10 Å². The molecule has 2 aromatic carbocycles. The molecule has 132 valence electrons. The third kappa shape index (κ3) is 3.64. The zero-order valence-corrected chi connectivity index (χ0v) is 14.8. The van der Waals surface area contributed by atoms with Crippen LogP contribution in [0.5, 0.6) is 0 Å². The van der Waals surface area contributed by atoms with Gasteiger partial charge in [-0.3, -0.25) is 4.79 Å². The molecule has 1 aliphatic rings. The van der Waals surface area contributed by atoms with Crippen LogP contribution >= 0.6 is 11.6 Å². The molecule has 26 heavy (non-hydrogen) atoms. The fourth-order valence-corrected chi connectivity index (χ4v) is 3.13. The lowest BCUT2D eigenvalue weighted by molar-refractivity contribution is -0.137. The van der Waals surface area contributed by atoms with Crippen LogP contribution < -0.4 is 5.32 Å². The Morgan fingerprint density at radius 1 is 1.19 bits per heavy atom. The van der Waals surface area contributed by atoms with Gasteiger partial charge in [-0.25, -0.2) is 4.98 Å². The number of aromatic nitrogens is 2. The molecule has 1 N–H and O–H groups in total. The van der Waals surface area contributed by atoms with Crippen LogP contribution in [-0.2, 0) is 16.0 Å². The number of amides is 1. The van der Waals surface area contributed by atoms with Gasteiger partial charge >= 0.3 is 0 Å². The highest BCUT2D eigenvalue weighted by molar-refractivity contribution is 6.30. The first-order valence-corrected chi connectivity index (χ1v) is 8.85. The van der Waals surface area contributed by atoms with E-state index in [-0.39, 0.29) is 5.91 Å². The number of rotatable bonds is 4. The van der Waals surface area contributed by atoms with Gasteiger partial charge < -0.3 is 14.6 Å². The molecule has 1 fully saturated rings. The summed E-state index contributed by atoms with van der Waals surface area (Å²) in [5, 5.41) is 3.53. The minimum Gasteiger partial charge on any atom is -0.366 e. The summed E-state index contributed by atoms with van der Waals surface area (Å²) in [6.45, 7) is 1.11. The van der Waals surface area contributed by atoms with E-state index in [1.807, 2.05) is 47.2 Å². The summed E-state index contributed by atoms with van der Waals surface area (Å²) in [7, 11) is 0. The maximum atomic E-state index is 11.8. The summed E-state index contributed by atoms with van der Waals surface area (Å²) < 4.78 is 7.48. The van der Waals surface area contributed by atoms with E-state index in [1.54, 1.807) is 6.33 Å². The minimum atomic E-state index is -0.465. The molecule has 0 aliphatic carbocycles. The number of carbonyl (C=O) groups excluding carboxylic acids is 1. The number of ether oxygens (including phenoxy) is 1. The molecule has 5 nitrogen and oxygen atoms in total. The first-order chi connectivity index (χ1) is 12.7. The number of hydrogen-bond acceptors (Lipinski definition) is 3. The zero-order chi connectivity index (χ0) is 17.9. The summed E-state index contributed by atoms with van der Waals surface area (Å²) in [6.07, 6.45) is 3.70. The summed E-state index contributed by atoms with van der Waals surface area (Å²) in [5.74, 6) is -0.0736. The Morgan fingerprint density at radius 2 is 2.04 bits per heavy atom. The zero-order valence-electron chi connectivity index (χ0n) is 14.1. The number of morpholine rings is 1. The molecule has 0 bridgehead atoms. The molecule has 1 saturated heterocycles. The molecule has 6 heteroatoms. The van der Waals surface area contributed by atoms with Crippen molar-refractivity contribution in [2.45, 2.75) is 12.5 Å². The molecule has 1 aliphatic heterocycles. The van der Waals surface area contributed by atoms with Crippen LogP contribution in [0.3, 0.4) is 0 Å². The normalized spacial score (nSPS) is 17.1. The summed E-state index contributed by atoms with van der Waals surface area (Å²) in [4.78, 5) is 16.2. The predicted octanol–water partition coefficient (Wildman–Crippen LogP) is 3.25. The molecule has 2 heterocycles. The van der Waals surface area contributed by atoms with Crippen LogP contribution in [0.4, 0.5) is 0 Å². The summed E-state index contributed by atoms with van der Waals surface area (Å²) in [6, 6.07) is 16.0. The molecule has 0 saturated carbocycles. The molecule has 1 amide bonds. The molecule has 4 rings (SSSR count). The largest absolute Gasteiger partial charge is 0.366 e. The van der Waals surface area contributed by atoms with Crippen LogP contribution in [0.1, 0.15) is 5.69 Å². The Kier molecular flexibility index (Phi) is 4.73. The fourth-order valence-electron chi connectivity index (χ4n) is 3.01. The van der Waals surface area contributed by atoms with Gasteiger partial charge in [-0.15, -0.1) is 0 Å². The van der Waals surface area contributed by atoms with E-state index >= 15 is 0 Å². The Hall–Kier alpha value is -2.63. The number of carbonyl (C=O) groups is 1. The number of halogens is 1. The third-order valence-electron chi connectivity index (χ3n) is 4.37. The Morgan fingerprint density at radius 3 is 2.85 bits per heavy atom. The highest BCUT2D eigenvalue weighted by Gasteiger charge is 2.23. The van der Waals surface area contributed by atoms with E-state index < -0.39 is 6.10 Å². The van der Waals surface area contributed by atoms with Crippen LogP contribution in [0.2, 0.25) is 5.02 Å². The van der Waals surface area contributed by atoms with Gasteiger partial charge in [0.2, 0.25) is 5.91 Å². The van der Waals surface area contributed by atoms with Crippen molar-refractivity contribution in [3.63, 3.8) is 0 Å². The average Bonchev–Trinajstić information content (AvgIpc) is 3.13. The smallest absolute Gasteiger partial charge is 0.249 e. The second kappa shape index (κ2) is 7.32. The number of nitrogens with zero attached hydrogens (tertiary/aromatic N) is 2. The highest BCUT2D eigenvalue weighted by atomic mass is 35.5. The van der Waals surface area contributed by atoms with Crippen molar-refractivity contribution in [2.75, 3.05) is 13.2 Å². The first kappa shape index (κ1) is 16.8. The fraction of sp³-hybridized carbons (Fsp3) is 0.200.